The molecule has 0 bridgehead atoms. The molecule has 1 amide bonds. The number of para-hydroxylation sites is 2. The lowest BCUT2D eigenvalue weighted by atomic mass is 9.82. The van der Waals surface area contributed by atoms with Crippen molar-refractivity contribution in [3.8, 4) is 17.6 Å². The molecule has 2 N–H and O–H groups in total. The van der Waals surface area contributed by atoms with Gasteiger partial charge in [-0.15, -0.1) is 0 Å². The summed E-state index contributed by atoms with van der Waals surface area (Å²) >= 11 is 1.25. The number of allylic oxidation sites excluding steroid dienone is 2. The predicted molar refractivity (Wildman–Crippen MR) is 149 cm³/mol. The summed E-state index contributed by atoms with van der Waals surface area (Å²) in [7, 11) is 3.11. The zero-order chi connectivity index (χ0) is 27.1. The van der Waals surface area contributed by atoms with Crippen LogP contribution in [0.15, 0.2) is 101 Å². The third kappa shape index (κ3) is 5.74. The van der Waals surface area contributed by atoms with Crippen LogP contribution < -0.4 is 20.1 Å². The molecule has 0 aliphatic carbocycles. The highest BCUT2D eigenvalue weighted by Crippen LogP contribution is 2.41. The Labute approximate surface area is 226 Å². The summed E-state index contributed by atoms with van der Waals surface area (Å²) in [6.45, 7) is 1.80. The summed E-state index contributed by atoms with van der Waals surface area (Å²) in [5, 5.41) is 17.0. The van der Waals surface area contributed by atoms with Crippen molar-refractivity contribution in [1.82, 2.24) is 5.32 Å². The van der Waals surface area contributed by atoms with Crippen molar-refractivity contribution in [3.63, 3.8) is 0 Å². The largest absolute Gasteiger partial charge is 0.497 e. The fourth-order valence-electron chi connectivity index (χ4n) is 4.24. The Morgan fingerprint density at radius 3 is 2.32 bits per heavy atom. The molecule has 0 radical (unpaired) electrons. The van der Waals surface area contributed by atoms with E-state index in [9.17, 15) is 14.9 Å². The number of rotatable bonds is 9. The van der Waals surface area contributed by atoms with Gasteiger partial charge in [-0.1, -0.05) is 54.2 Å². The van der Waals surface area contributed by atoms with Gasteiger partial charge in [-0.3, -0.25) is 9.59 Å². The molecular formula is C30H27N3O4S. The lowest BCUT2D eigenvalue weighted by Gasteiger charge is -2.30. The second kappa shape index (κ2) is 12.2. The summed E-state index contributed by atoms with van der Waals surface area (Å²) in [5.41, 5.74) is 3.28. The van der Waals surface area contributed by atoms with E-state index in [4.69, 9.17) is 9.47 Å². The molecule has 1 aliphatic rings. The number of Topliss-reactive ketones (excluding diaryl/α,β-unsaturated/α-hetero) is 1. The number of carbonyl (C=O) groups excluding carboxylic acids is 2. The summed E-state index contributed by atoms with van der Waals surface area (Å²) in [6.07, 6.45) is 0. The SMILES string of the molecule is COc1ccc(C(=O)CSC2=C(C#N)C(c3ccccc3)C(C(=O)Nc3ccccc3OC)=C(C)N2)cc1. The van der Waals surface area contributed by atoms with Gasteiger partial charge < -0.3 is 20.1 Å². The highest BCUT2D eigenvalue weighted by atomic mass is 32.2. The van der Waals surface area contributed by atoms with Crippen LogP contribution in [0.4, 0.5) is 5.69 Å². The molecule has 0 spiro atoms. The number of methoxy groups -OCH3 is 2. The number of ether oxygens (including phenoxy) is 2. The number of ketones is 1. The Morgan fingerprint density at radius 2 is 1.66 bits per heavy atom. The van der Waals surface area contributed by atoms with Gasteiger partial charge in [-0.05, 0) is 48.9 Å². The molecule has 38 heavy (non-hydrogen) atoms. The summed E-state index contributed by atoms with van der Waals surface area (Å²) < 4.78 is 10.5. The standard InChI is InChI=1S/C30H27N3O4S/c1-19-27(29(35)33-24-11-7-8-12-26(24)37-3)28(21-9-5-4-6-10-21)23(17-31)30(32-19)38-18-25(34)20-13-15-22(36-2)16-14-20/h4-16,28,32H,18H2,1-3H3,(H,33,35). The highest BCUT2D eigenvalue weighted by Gasteiger charge is 2.35. The van der Waals surface area contributed by atoms with Crippen LogP contribution in [0, 0.1) is 11.3 Å². The minimum Gasteiger partial charge on any atom is -0.497 e. The Balaban J connectivity index is 1.65. The average Bonchev–Trinajstić information content (AvgIpc) is 2.96. The lowest BCUT2D eigenvalue weighted by molar-refractivity contribution is -0.113. The van der Waals surface area contributed by atoms with E-state index in [0.717, 1.165) is 5.56 Å². The number of thioether (sulfide) groups is 1. The monoisotopic (exact) mass is 525 g/mol. The molecule has 0 saturated heterocycles. The summed E-state index contributed by atoms with van der Waals surface area (Å²) in [4.78, 5) is 26.5. The second-order valence-corrected chi connectivity index (χ2v) is 9.44. The zero-order valence-electron chi connectivity index (χ0n) is 21.3. The van der Waals surface area contributed by atoms with E-state index >= 15 is 0 Å². The van der Waals surface area contributed by atoms with Gasteiger partial charge in [-0.2, -0.15) is 5.26 Å². The number of benzene rings is 3. The minimum absolute atomic E-state index is 0.0816. The van der Waals surface area contributed by atoms with Crippen molar-refractivity contribution in [2.75, 3.05) is 25.3 Å². The number of hydrogen-bond donors (Lipinski definition) is 2. The molecular weight excluding hydrogens is 498 g/mol. The number of carbonyl (C=O) groups is 2. The molecule has 1 atom stereocenters. The number of anilines is 1. The van der Waals surface area contributed by atoms with E-state index in [2.05, 4.69) is 16.7 Å². The third-order valence-electron chi connectivity index (χ3n) is 6.14. The molecule has 7 nitrogen and oxygen atoms in total. The first-order valence-electron chi connectivity index (χ1n) is 11.9. The maximum atomic E-state index is 13.6. The van der Waals surface area contributed by atoms with Crippen LogP contribution in [0.25, 0.3) is 0 Å². The van der Waals surface area contributed by atoms with Gasteiger partial charge in [0.15, 0.2) is 5.78 Å². The smallest absolute Gasteiger partial charge is 0.254 e. The number of hydrogen-bond acceptors (Lipinski definition) is 7. The number of nitriles is 1. The molecule has 0 saturated carbocycles. The maximum Gasteiger partial charge on any atom is 0.254 e. The van der Waals surface area contributed by atoms with Crippen molar-refractivity contribution < 1.29 is 19.1 Å². The third-order valence-corrected chi connectivity index (χ3v) is 7.16. The Morgan fingerprint density at radius 1 is 0.974 bits per heavy atom. The van der Waals surface area contributed by atoms with Gasteiger partial charge >= 0.3 is 0 Å². The van der Waals surface area contributed by atoms with Gasteiger partial charge in [-0.25, -0.2) is 0 Å². The molecule has 4 rings (SSSR count). The van der Waals surface area contributed by atoms with Crippen molar-refractivity contribution in [3.05, 3.63) is 112 Å². The van der Waals surface area contributed by atoms with Crippen LogP contribution >= 0.6 is 11.8 Å². The first kappa shape index (κ1) is 26.6. The number of amides is 1. The molecule has 8 heteroatoms. The average molecular weight is 526 g/mol. The Kier molecular flexibility index (Phi) is 8.51. The van der Waals surface area contributed by atoms with Gasteiger partial charge in [0.1, 0.15) is 11.5 Å². The van der Waals surface area contributed by atoms with Gasteiger partial charge in [0.25, 0.3) is 5.91 Å². The number of dihydropyridines is 1. The second-order valence-electron chi connectivity index (χ2n) is 8.46. The van der Waals surface area contributed by atoms with E-state index in [0.29, 0.717) is 44.6 Å². The van der Waals surface area contributed by atoms with Crippen LogP contribution in [0.1, 0.15) is 28.8 Å². The van der Waals surface area contributed by atoms with Crippen molar-refractivity contribution in [2.24, 2.45) is 0 Å². The molecule has 1 aliphatic heterocycles. The zero-order valence-corrected chi connectivity index (χ0v) is 22.1. The first-order valence-corrected chi connectivity index (χ1v) is 12.9. The maximum absolute atomic E-state index is 13.6. The van der Waals surface area contributed by atoms with E-state index in [1.807, 2.05) is 42.5 Å². The van der Waals surface area contributed by atoms with Crippen LogP contribution in [-0.4, -0.2) is 31.7 Å². The van der Waals surface area contributed by atoms with Crippen LogP contribution in [0.5, 0.6) is 11.5 Å². The minimum atomic E-state index is -0.615. The Hall–Kier alpha value is -4.48. The first-order chi connectivity index (χ1) is 18.5. The van der Waals surface area contributed by atoms with Crippen LogP contribution in [0.2, 0.25) is 0 Å². The highest BCUT2D eigenvalue weighted by molar-refractivity contribution is 8.03. The van der Waals surface area contributed by atoms with Gasteiger partial charge in [0.05, 0.1) is 48.2 Å². The van der Waals surface area contributed by atoms with Gasteiger partial charge in [0.2, 0.25) is 0 Å². The fraction of sp³-hybridized carbons (Fsp3) is 0.167. The number of nitrogens with one attached hydrogen (secondary N) is 2. The summed E-state index contributed by atoms with van der Waals surface area (Å²) in [5.74, 6) is 0.278. The molecule has 0 fully saturated rings. The van der Waals surface area contributed by atoms with E-state index < -0.39 is 5.92 Å². The van der Waals surface area contributed by atoms with Crippen LogP contribution in [0.3, 0.4) is 0 Å². The molecule has 3 aromatic carbocycles. The normalized spacial score (nSPS) is 14.8. The molecule has 0 aromatic heterocycles. The van der Waals surface area contributed by atoms with Crippen molar-refractivity contribution >= 4 is 29.1 Å². The van der Waals surface area contributed by atoms with Gasteiger partial charge in [0, 0.05) is 16.8 Å². The number of nitrogens with zero attached hydrogens (tertiary/aromatic N) is 1. The fourth-order valence-corrected chi connectivity index (χ4v) is 5.23. The van der Waals surface area contributed by atoms with E-state index in [-0.39, 0.29) is 17.4 Å². The molecule has 3 aromatic rings. The predicted octanol–water partition coefficient (Wildman–Crippen LogP) is 5.65. The Bertz CT molecular complexity index is 1440. The molecule has 192 valence electrons. The molecule has 1 heterocycles. The summed E-state index contributed by atoms with van der Waals surface area (Å²) in [6, 6.07) is 25.8. The topological polar surface area (TPSA) is 100 Å². The van der Waals surface area contributed by atoms with E-state index in [1.165, 1.54) is 18.9 Å². The van der Waals surface area contributed by atoms with E-state index in [1.54, 1.807) is 50.4 Å². The van der Waals surface area contributed by atoms with Crippen molar-refractivity contribution in [2.45, 2.75) is 12.8 Å². The quantitative estimate of drug-likeness (QED) is 0.348. The molecule has 1 unspecified atom stereocenters. The van der Waals surface area contributed by atoms with Crippen molar-refractivity contribution in [1.29, 1.82) is 5.26 Å². The lowest BCUT2D eigenvalue weighted by Crippen LogP contribution is -2.31. The van der Waals surface area contributed by atoms with Crippen LogP contribution in [-0.2, 0) is 4.79 Å².